The molecule has 1 fully saturated rings. The molecule has 150 valence electrons. The standard InChI is InChI=1S/C16H22N8O3S/c1-16(2,3)20-9(25)7-24-13(17-8-18-24)28-14-19-11-10(21(14)4)12(26)23(6)15(27)22(11)5/h8,10H,7H2,1-6H3/p+1. The molecule has 3 heterocycles. The minimum Gasteiger partial charge on any atom is -0.350 e. The number of hydrogen-bond donors (Lipinski definition) is 1. The van der Waals surface area contributed by atoms with Crippen molar-refractivity contribution in [2.45, 2.75) is 44.1 Å². The first-order chi connectivity index (χ1) is 13.0. The highest BCUT2D eigenvalue weighted by Crippen LogP contribution is 2.25. The van der Waals surface area contributed by atoms with Crippen LogP contribution in [0.4, 0.5) is 4.79 Å². The number of nitrogens with zero attached hydrogens (tertiary/aromatic N) is 7. The number of aromatic nitrogens is 3. The number of rotatable bonds is 3. The highest BCUT2D eigenvalue weighted by molar-refractivity contribution is 8.13. The van der Waals surface area contributed by atoms with Gasteiger partial charge < -0.3 is 5.32 Å². The topological polar surface area (TPSA) is 116 Å². The lowest BCUT2D eigenvalue weighted by Crippen LogP contribution is -2.61. The van der Waals surface area contributed by atoms with Crippen LogP contribution in [0.3, 0.4) is 0 Å². The van der Waals surface area contributed by atoms with E-state index in [0.29, 0.717) is 16.2 Å². The van der Waals surface area contributed by atoms with E-state index in [2.05, 4.69) is 20.4 Å². The molecule has 0 saturated carbocycles. The van der Waals surface area contributed by atoms with Gasteiger partial charge in [0.05, 0.1) is 7.05 Å². The Kier molecular flexibility index (Phi) is 5.00. The minimum atomic E-state index is -0.671. The zero-order valence-electron chi connectivity index (χ0n) is 16.6. The number of carbonyl (C=O) groups excluding carboxylic acids is 3. The van der Waals surface area contributed by atoms with Crippen LogP contribution in [-0.4, -0.2) is 90.7 Å². The molecule has 1 saturated heterocycles. The number of imide groups is 1. The summed E-state index contributed by atoms with van der Waals surface area (Å²) in [4.78, 5) is 47.9. The molecule has 12 heteroatoms. The third kappa shape index (κ3) is 3.63. The molecule has 1 aromatic heterocycles. The van der Waals surface area contributed by atoms with Crippen molar-refractivity contribution in [1.29, 1.82) is 0 Å². The van der Waals surface area contributed by atoms with Crippen LogP contribution < -0.4 is 5.32 Å². The number of aliphatic imine (C=N–C) groups is 1. The van der Waals surface area contributed by atoms with E-state index >= 15 is 0 Å². The monoisotopic (exact) mass is 407 g/mol. The number of amides is 4. The van der Waals surface area contributed by atoms with Gasteiger partial charge in [-0.3, -0.25) is 19.4 Å². The van der Waals surface area contributed by atoms with E-state index in [4.69, 9.17) is 0 Å². The van der Waals surface area contributed by atoms with E-state index in [9.17, 15) is 14.4 Å². The van der Waals surface area contributed by atoms with Crippen LogP contribution in [0.1, 0.15) is 20.8 Å². The van der Waals surface area contributed by atoms with Crippen LogP contribution in [0.25, 0.3) is 0 Å². The summed E-state index contributed by atoms with van der Waals surface area (Å²) in [6.45, 7) is 5.70. The average molecular weight is 407 g/mol. The number of urea groups is 1. The molecule has 0 aliphatic carbocycles. The third-order valence-electron chi connectivity index (χ3n) is 4.20. The summed E-state index contributed by atoms with van der Waals surface area (Å²) in [7, 11) is 4.76. The summed E-state index contributed by atoms with van der Waals surface area (Å²) < 4.78 is 3.16. The van der Waals surface area contributed by atoms with Crippen molar-refractivity contribution in [3.05, 3.63) is 6.33 Å². The predicted molar refractivity (Wildman–Crippen MR) is 102 cm³/mol. The summed E-state index contributed by atoms with van der Waals surface area (Å²) in [5, 5.41) is 7.93. The molecule has 0 radical (unpaired) electrons. The van der Waals surface area contributed by atoms with Gasteiger partial charge in [0.25, 0.3) is 17.8 Å². The van der Waals surface area contributed by atoms with Gasteiger partial charge in [-0.25, -0.2) is 19.0 Å². The van der Waals surface area contributed by atoms with E-state index in [-0.39, 0.29) is 23.9 Å². The van der Waals surface area contributed by atoms with Crippen LogP contribution in [0.2, 0.25) is 0 Å². The Bertz CT molecular complexity index is 913. The highest BCUT2D eigenvalue weighted by Gasteiger charge is 2.52. The number of thioether (sulfide) groups is 1. The smallest absolute Gasteiger partial charge is 0.350 e. The van der Waals surface area contributed by atoms with Gasteiger partial charge in [0, 0.05) is 31.4 Å². The molecule has 3 rings (SSSR count). The molecule has 1 aromatic rings. The second-order valence-corrected chi connectivity index (χ2v) is 8.54. The van der Waals surface area contributed by atoms with Gasteiger partial charge in [-0.2, -0.15) is 5.10 Å². The van der Waals surface area contributed by atoms with Crippen molar-refractivity contribution in [3.63, 3.8) is 0 Å². The third-order valence-corrected chi connectivity index (χ3v) is 5.26. The van der Waals surface area contributed by atoms with Gasteiger partial charge >= 0.3 is 11.2 Å². The molecule has 1 N–H and O–H groups in total. The van der Waals surface area contributed by atoms with Crippen LogP contribution in [0, 0.1) is 0 Å². The Morgan fingerprint density at radius 2 is 1.96 bits per heavy atom. The Morgan fingerprint density at radius 3 is 2.61 bits per heavy atom. The molecule has 0 bridgehead atoms. The molecule has 2 aliphatic heterocycles. The summed E-state index contributed by atoms with van der Waals surface area (Å²) >= 11 is 1.18. The second-order valence-electron chi connectivity index (χ2n) is 7.61. The molecular weight excluding hydrogens is 384 g/mol. The van der Waals surface area contributed by atoms with E-state index in [0.717, 1.165) is 4.90 Å². The lowest BCUT2D eigenvalue weighted by atomic mass is 10.1. The maximum atomic E-state index is 12.5. The van der Waals surface area contributed by atoms with Crippen LogP contribution in [0.5, 0.6) is 0 Å². The molecular formula is C16H23N8O3S+. The zero-order chi connectivity index (χ0) is 20.8. The van der Waals surface area contributed by atoms with Gasteiger partial charge in [-0.1, -0.05) is 0 Å². The summed E-state index contributed by atoms with van der Waals surface area (Å²) in [5.41, 5.74) is -0.351. The van der Waals surface area contributed by atoms with E-state index in [1.54, 1.807) is 18.7 Å². The Balaban J connectivity index is 1.82. The van der Waals surface area contributed by atoms with Gasteiger partial charge in [0.1, 0.15) is 12.9 Å². The number of fused-ring (bicyclic) bond motifs is 1. The SMILES string of the molecule is CN1C(=O)C2C(=NC(Sc3ncnn3CC(=O)NC(C)(C)C)=[N+]2C)N(C)C1=O. The lowest BCUT2D eigenvalue weighted by molar-refractivity contribution is -0.502. The summed E-state index contributed by atoms with van der Waals surface area (Å²) in [6, 6.07) is -1.10. The van der Waals surface area contributed by atoms with Crippen molar-refractivity contribution >= 4 is 40.6 Å². The van der Waals surface area contributed by atoms with Gasteiger partial charge in [0.2, 0.25) is 5.91 Å². The van der Waals surface area contributed by atoms with Gasteiger partial charge in [0.15, 0.2) is 5.16 Å². The quantitative estimate of drug-likeness (QED) is 0.681. The number of hydrogen-bond acceptors (Lipinski definition) is 7. The number of carbonyl (C=O) groups is 3. The number of amidine groups is 2. The molecule has 4 amide bonds. The minimum absolute atomic E-state index is 0.0106. The Labute approximate surface area is 166 Å². The normalized spacial score (nSPS) is 19.9. The first-order valence-electron chi connectivity index (χ1n) is 8.60. The van der Waals surface area contributed by atoms with Crippen molar-refractivity contribution in [2.24, 2.45) is 4.99 Å². The van der Waals surface area contributed by atoms with Crippen molar-refractivity contribution in [3.8, 4) is 0 Å². The number of likely N-dealkylation sites (N-methyl/N-ethyl adjacent to an activating group) is 3. The van der Waals surface area contributed by atoms with Crippen molar-refractivity contribution < 1.29 is 19.0 Å². The molecule has 1 unspecified atom stereocenters. The van der Waals surface area contributed by atoms with E-state index < -0.39 is 12.1 Å². The summed E-state index contributed by atoms with van der Waals surface area (Å²) in [6.07, 6.45) is 1.36. The average Bonchev–Trinajstić information content (AvgIpc) is 3.14. The van der Waals surface area contributed by atoms with Crippen LogP contribution in [-0.2, 0) is 16.1 Å². The first-order valence-corrected chi connectivity index (χ1v) is 9.41. The number of nitrogens with one attached hydrogen (secondary N) is 1. The fourth-order valence-corrected chi connectivity index (χ4v) is 3.74. The predicted octanol–water partition coefficient (Wildman–Crippen LogP) is -0.412. The maximum absolute atomic E-state index is 12.5. The van der Waals surface area contributed by atoms with E-state index in [1.165, 1.54) is 34.7 Å². The Hall–Kier alpha value is -2.76. The van der Waals surface area contributed by atoms with Crippen LogP contribution >= 0.6 is 11.8 Å². The molecule has 0 aromatic carbocycles. The summed E-state index contributed by atoms with van der Waals surface area (Å²) in [5.74, 6) is -0.160. The highest BCUT2D eigenvalue weighted by atomic mass is 32.2. The largest absolute Gasteiger partial charge is 0.365 e. The van der Waals surface area contributed by atoms with Crippen molar-refractivity contribution in [1.82, 2.24) is 29.9 Å². The van der Waals surface area contributed by atoms with E-state index in [1.807, 2.05) is 20.8 Å². The fourth-order valence-electron chi connectivity index (χ4n) is 2.87. The lowest BCUT2D eigenvalue weighted by Gasteiger charge is -2.29. The molecule has 11 nitrogen and oxygen atoms in total. The van der Waals surface area contributed by atoms with Crippen molar-refractivity contribution in [2.75, 3.05) is 21.1 Å². The first kappa shape index (κ1) is 20.0. The second kappa shape index (κ2) is 7.00. The van der Waals surface area contributed by atoms with Crippen LogP contribution in [0.15, 0.2) is 16.5 Å². The molecule has 2 aliphatic rings. The molecule has 28 heavy (non-hydrogen) atoms. The molecule has 1 atom stereocenters. The zero-order valence-corrected chi connectivity index (χ0v) is 17.4. The Morgan fingerprint density at radius 1 is 1.29 bits per heavy atom. The van der Waals surface area contributed by atoms with Gasteiger partial charge in [-0.15, -0.1) is 0 Å². The maximum Gasteiger partial charge on any atom is 0.365 e. The van der Waals surface area contributed by atoms with Gasteiger partial charge in [-0.05, 0) is 25.8 Å². The molecule has 0 spiro atoms. The fraction of sp³-hybridized carbons (Fsp3) is 0.562.